The van der Waals surface area contributed by atoms with Gasteiger partial charge in [0.2, 0.25) is 5.91 Å². The fourth-order valence-corrected chi connectivity index (χ4v) is 4.72. The molecule has 1 heterocycles. The highest BCUT2D eigenvalue weighted by atomic mass is 16.5. The van der Waals surface area contributed by atoms with Crippen LogP contribution in [0.1, 0.15) is 45.9 Å². The fraction of sp³-hybridized carbons (Fsp3) is 0.276. The molecule has 3 aromatic carbocycles. The Morgan fingerprint density at radius 1 is 0.947 bits per heavy atom. The van der Waals surface area contributed by atoms with Crippen molar-refractivity contribution in [2.45, 2.75) is 32.2 Å². The molecule has 0 spiro atoms. The van der Waals surface area contributed by atoms with Crippen LogP contribution >= 0.6 is 0 Å². The molecule has 3 amide bonds. The minimum Gasteiger partial charge on any atom is -0.496 e. The van der Waals surface area contributed by atoms with Crippen LogP contribution < -0.4 is 20.1 Å². The fourth-order valence-electron chi connectivity index (χ4n) is 4.72. The van der Waals surface area contributed by atoms with Crippen LogP contribution in [0.25, 0.3) is 0 Å². The average Bonchev–Trinajstić information content (AvgIpc) is 3.40. The lowest BCUT2D eigenvalue weighted by Crippen LogP contribution is -2.32. The number of aromatic carboxylic acids is 1. The summed E-state index contributed by atoms with van der Waals surface area (Å²) < 4.78 is 10.9. The molecule has 1 unspecified atom stereocenters. The minimum atomic E-state index is -1.03. The number of ether oxygens (including phenoxy) is 2. The molecule has 0 saturated carbocycles. The third-order valence-corrected chi connectivity index (χ3v) is 6.68. The maximum absolute atomic E-state index is 13.3. The number of nitrogens with zero attached hydrogens (tertiary/aromatic N) is 1. The van der Waals surface area contributed by atoms with Crippen LogP contribution in [0.15, 0.2) is 60.7 Å². The maximum atomic E-state index is 13.3. The van der Waals surface area contributed by atoms with E-state index in [1.807, 2.05) is 36.1 Å². The van der Waals surface area contributed by atoms with E-state index < -0.39 is 12.0 Å². The Bertz CT molecular complexity index is 1360. The Kier molecular flexibility index (Phi) is 8.15. The molecule has 0 bridgehead atoms. The van der Waals surface area contributed by atoms with Gasteiger partial charge in [-0.15, -0.1) is 0 Å². The molecule has 198 valence electrons. The molecule has 0 aliphatic carbocycles. The van der Waals surface area contributed by atoms with Gasteiger partial charge in [-0.25, -0.2) is 9.59 Å². The van der Waals surface area contributed by atoms with Gasteiger partial charge in [0.05, 0.1) is 37.9 Å². The zero-order valence-corrected chi connectivity index (χ0v) is 21.6. The van der Waals surface area contributed by atoms with E-state index in [9.17, 15) is 19.5 Å². The van der Waals surface area contributed by atoms with Crippen molar-refractivity contribution in [3.63, 3.8) is 0 Å². The third-order valence-electron chi connectivity index (χ3n) is 6.68. The average molecular weight is 518 g/mol. The predicted molar refractivity (Wildman–Crippen MR) is 144 cm³/mol. The summed E-state index contributed by atoms with van der Waals surface area (Å²) in [5.74, 6) is -0.194. The first-order chi connectivity index (χ1) is 18.3. The molecule has 1 fully saturated rings. The number of carbonyl (C=O) groups excluding carboxylic acids is 2. The summed E-state index contributed by atoms with van der Waals surface area (Å²) in [6, 6.07) is 16.9. The van der Waals surface area contributed by atoms with Gasteiger partial charge in [-0.05, 0) is 61.2 Å². The van der Waals surface area contributed by atoms with E-state index in [1.54, 1.807) is 24.3 Å². The van der Waals surface area contributed by atoms with Gasteiger partial charge in [-0.3, -0.25) is 4.79 Å². The van der Waals surface area contributed by atoms with Crippen molar-refractivity contribution in [3.05, 3.63) is 82.9 Å². The molecule has 9 heteroatoms. The molecular weight excluding hydrogens is 486 g/mol. The summed E-state index contributed by atoms with van der Waals surface area (Å²) in [7, 11) is 3.00. The van der Waals surface area contributed by atoms with Crippen molar-refractivity contribution in [2.75, 3.05) is 31.4 Å². The van der Waals surface area contributed by atoms with E-state index in [1.165, 1.54) is 26.4 Å². The maximum Gasteiger partial charge on any atom is 0.335 e. The lowest BCUT2D eigenvalue weighted by molar-refractivity contribution is -0.131. The normalized spacial score (nSPS) is 14.6. The van der Waals surface area contributed by atoms with Crippen molar-refractivity contribution in [1.29, 1.82) is 0 Å². The van der Waals surface area contributed by atoms with Gasteiger partial charge in [0, 0.05) is 17.8 Å². The van der Waals surface area contributed by atoms with Crippen molar-refractivity contribution < 1.29 is 29.0 Å². The number of carbonyl (C=O) groups is 3. The first-order valence-corrected chi connectivity index (χ1v) is 12.3. The van der Waals surface area contributed by atoms with E-state index in [0.29, 0.717) is 29.4 Å². The Morgan fingerprint density at radius 3 is 2.39 bits per heavy atom. The SMILES string of the molecule is COc1cc(CC(=O)N2CCCC2c2ccc(C(=O)O)cc2OC)ccc1NC(=O)Nc1ccccc1C. The standard InChI is InChI=1S/C29H31N3O6/c1-18-7-4-5-8-22(18)30-29(36)31-23-13-10-19(15-26(23)38-3)16-27(33)32-14-6-9-24(32)21-12-11-20(28(34)35)17-25(21)37-2/h4-5,7-8,10-13,15,17,24H,6,9,14,16H2,1-3H3,(H,34,35)(H2,30,31,36). The van der Waals surface area contributed by atoms with Crippen LogP contribution in [0.5, 0.6) is 11.5 Å². The number of rotatable bonds is 8. The van der Waals surface area contributed by atoms with Crippen LogP contribution in [0.2, 0.25) is 0 Å². The number of carboxylic acid groups (broad SMARTS) is 1. The number of carboxylic acids is 1. The van der Waals surface area contributed by atoms with E-state index >= 15 is 0 Å². The molecule has 1 aliphatic rings. The third kappa shape index (κ3) is 5.88. The van der Waals surface area contributed by atoms with E-state index in [2.05, 4.69) is 10.6 Å². The lowest BCUT2D eigenvalue weighted by atomic mass is 10.0. The molecule has 1 saturated heterocycles. The number of likely N-dealkylation sites (tertiary alicyclic amines) is 1. The number of methoxy groups -OCH3 is 2. The number of hydrogen-bond acceptors (Lipinski definition) is 5. The summed E-state index contributed by atoms with van der Waals surface area (Å²) in [4.78, 5) is 39.0. The molecular formula is C29H31N3O6. The van der Waals surface area contributed by atoms with E-state index in [0.717, 1.165) is 29.5 Å². The summed E-state index contributed by atoms with van der Waals surface area (Å²) in [6.45, 7) is 2.51. The Morgan fingerprint density at radius 2 is 1.68 bits per heavy atom. The van der Waals surface area contributed by atoms with Crippen molar-refractivity contribution in [1.82, 2.24) is 4.90 Å². The quantitative estimate of drug-likeness (QED) is 0.375. The number of benzene rings is 3. The lowest BCUT2D eigenvalue weighted by Gasteiger charge is -2.27. The summed E-state index contributed by atoms with van der Waals surface area (Å²) in [6.07, 6.45) is 1.75. The number of amides is 3. The second kappa shape index (κ2) is 11.7. The number of hydrogen-bond donors (Lipinski definition) is 3. The molecule has 1 aliphatic heterocycles. The number of urea groups is 1. The summed E-state index contributed by atoms with van der Waals surface area (Å²) >= 11 is 0. The highest BCUT2D eigenvalue weighted by Gasteiger charge is 2.32. The molecule has 0 aromatic heterocycles. The monoisotopic (exact) mass is 517 g/mol. The highest BCUT2D eigenvalue weighted by Crippen LogP contribution is 2.38. The van der Waals surface area contributed by atoms with Gasteiger partial charge in [0.15, 0.2) is 0 Å². The molecule has 1 atom stereocenters. The molecule has 9 nitrogen and oxygen atoms in total. The van der Waals surface area contributed by atoms with Gasteiger partial charge < -0.3 is 30.1 Å². The van der Waals surface area contributed by atoms with Crippen molar-refractivity contribution in [3.8, 4) is 11.5 Å². The van der Waals surface area contributed by atoms with Gasteiger partial charge >= 0.3 is 12.0 Å². The zero-order chi connectivity index (χ0) is 27.2. The predicted octanol–water partition coefficient (Wildman–Crippen LogP) is 5.26. The van der Waals surface area contributed by atoms with Gasteiger partial charge in [-0.1, -0.05) is 30.3 Å². The first kappa shape index (κ1) is 26.5. The van der Waals surface area contributed by atoms with Crippen LogP contribution in [-0.2, 0) is 11.2 Å². The number of para-hydroxylation sites is 1. The molecule has 38 heavy (non-hydrogen) atoms. The van der Waals surface area contributed by atoms with Gasteiger partial charge in [-0.2, -0.15) is 0 Å². The molecule has 3 aromatic rings. The summed E-state index contributed by atoms with van der Waals surface area (Å²) in [5.41, 5.74) is 3.81. The number of anilines is 2. The van der Waals surface area contributed by atoms with E-state index in [4.69, 9.17) is 9.47 Å². The minimum absolute atomic E-state index is 0.0584. The number of aryl methyl sites for hydroxylation is 1. The van der Waals surface area contributed by atoms with Crippen LogP contribution in [0.3, 0.4) is 0 Å². The molecule has 4 rings (SSSR count). The zero-order valence-electron chi connectivity index (χ0n) is 21.6. The van der Waals surface area contributed by atoms with Gasteiger partial charge in [0.1, 0.15) is 11.5 Å². The Hall–Kier alpha value is -4.53. The second-order valence-electron chi connectivity index (χ2n) is 9.11. The van der Waals surface area contributed by atoms with Crippen molar-refractivity contribution >= 4 is 29.3 Å². The second-order valence-corrected chi connectivity index (χ2v) is 9.11. The Labute approximate surface area is 221 Å². The molecule has 3 N–H and O–H groups in total. The van der Waals surface area contributed by atoms with Crippen LogP contribution in [-0.4, -0.2) is 48.7 Å². The largest absolute Gasteiger partial charge is 0.496 e. The van der Waals surface area contributed by atoms with Crippen LogP contribution in [0, 0.1) is 6.92 Å². The smallest absolute Gasteiger partial charge is 0.335 e. The van der Waals surface area contributed by atoms with Crippen molar-refractivity contribution in [2.24, 2.45) is 0 Å². The highest BCUT2D eigenvalue weighted by molar-refractivity contribution is 6.01. The Balaban J connectivity index is 1.46. The first-order valence-electron chi connectivity index (χ1n) is 12.3. The van der Waals surface area contributed by atoms with E-state index in [-0.39, 0.29) is 23.9 Å². The number of nitrogens with one attached hydrogen (secondary N) is 2. The molecule has 0 radical (unpaired) electrons. The van der Waals surface area contributed by atoms with Crippen LogP contribution in [0.4, 0.5) is 16.2 Å². The topological polar surface area (TPSA) is 117 Å². The summed E-state index contributed by atoms with van der Waals surface area (Å²) in [5, 5.41) is 14.9. The van der Waals surface area contributed by atoms with Gasteiger partial charge in [0.25, 0.3) is 0 Å².